The van der Waals surface area contributed by atoms with Crippen LogP contribution in [-0.2, 0) is 6.54 Å². The number of hydrogen-bond acceptors (Lipinski definition) is 3. The Kier molecular flexibility index (Phi) is 4.84. The summed E-state index contributed by atoms with van der Waals surface area (Å²) in [5.74, 6) is 0.240. The van der Waals surface area contributed by atoms with Gasteiger partial charge in [-0.05, 0) is 78.9 Å². The summed E-state index contributed by atoms with van der Waals surface area (Å²) in [7, 11) is 0. The van der Waals surface area contributed by atoms with Crippen molar-refractivity contribution < 1.29 is 5.11 Å². The number of benzene rings is 1. The van der Waals surface area contributed by atoms with Crippen molar-refractivity contribution in [2.75, 3.05) is 0 Å². The SMILES string of the molecule is CC(NCc1cc(Br)c(O)c(Br)c1)c1ccsc1. The van der Waals surface area contributed by atoms with Crippen molar-refractivity contribution in [2.24, 2.45) is 0 Å². The predicted octanol–water partition coefficient (Wildman–Crippen LogP) is 4.83. The van der Waals surface area contributed by atoms with Gasteiger partial charge in [0, 0.05) is 12.6 Å². The summed E-state index contributed by atoms with van der Waals surface area (Å²) in [6.45, 7) is 2.90. The van der Waals surface area contributed by atoms with Gasteiger partial charge in [-0.25, -0.2) is 0 Å². The summed E-state index contributed by atoms with van der Waals surface area (Å²) in [5, 5.41) is 17.3. The zero-order valence-corrected chi connectivity index (χ0v) is 13.8. The Labute approximate surface area is 127 Å². The normalized spacial score (nSPS) is 12.6. The van der Waals surface area contributed by atoms with Crippen molar-refractivity contribution in [1.29, 1.82) is 0 Å². The molecule has 1 atom stereocenters. The Balaban J connectivity index is 2.02. The van der Waals surface area contributed by atoms with E-state index in [1.54, 1.807) is 11.3 Å². The van der Waals surface area contributed by atoms with Gasteiger partial charge < -0.3 is 10.4 Å². The van der Waals surface area contributed by atoms with Gasteiger partial charge in [0.15, 0.2) is 0 Å². The number of hydrogen-bond donors (Lipinski definition) is 2. The Hall–Kier alpha value is -0.360. The largest absolute Gasteiger partial charge is 0.506 e. The molecule has 96 valence electrons. The molecule has 0 saturated carbocycles. The minimum atomic E-state index is 0.240. The van der Waals surface area contributed by atoms with E-state index in [4.69, 9.17) is 0 Å². The monoisotopic (exact) mass is 389 g/mol. The summed E-state index contributed by atoms with van der Waals surface area (Å²) in [6.07, 6.45) is 0. The number of halogens is 2. The molecule has 0 aliphatic heterocycles. The van der Waals surface area contributed by atoms with Crippen molar-refractivity contribution in [3.05, 3.63) is 49.0 Å². The molecule has 0 saturated heterocycles. The lowest BCUT2D eigenvalue weighted by molar-refractivity contribution is 0.468. The van der Waals surface area contributed by atoms with E-state index in [2.05, 4.69) is 60.9 Å². The van der Waals surface area contributed by atoms with Gasteiger partial charge in [-0.1, -0.05) is 0 Å². The first-order chi connectivity index (χ1) is 8.58. The highest BCUT2D eigenvalue weighted by molar-refractivity contribution is 9.11. The quantitative estimate of drug-likeness (QED) is 0.783. The van der Waals surface area contributed by atoms with Crippen LogP contribution in [0.15, 0.2) is 37.9 Å². The molecule has 1 aromatic carbocycles. The Morgan fingerprint density at radius 1 is 1.33 bits per heavy atom. The third kappa shape index (κ3) is 3.35. The highest BCUT2D eigenvalue weighted by atomic mass is 79.9. The van der Waals surface area contributed by atoms with Crippen molar-refractivity contribution >= 4 is 43.2 Å². The Morgan fingerprint density at radius 2 is 2.00 bits per heavy atom. The average Bonchev–Trinajstić information content (AvgIpc) is 2.86. The number of phenols is 1. The van der Waals surface area contributed by atoms with Gasteiger partial charge in [-0.3, -0.25) is 0 Å². The fraction of sp³-hybridized carbons (Fsp3) is 0.231. The second-order valence-corrected chi connectivity index (χ2v) is 6.56. The molecule has 2 N–H and O–H groups in total. The van der Waals surface area contributed by atoms with Crippen molar-refractivity contribution in [3.63, 3.8) is 0 Å². The first-order valence-corrected chi connectivity index (χ1v) is 8.03. The first kappa shape index (κ1) is 14.1. The summed E-state index contributed by atoms with van der Waals surface area (Å²) < 4.78 is 1.41. The molecule has 2 aromatic rings. The van der Waals surface area contributed by atoms with Gasteiger partial charge in [-0.2, -0.15) is 11.3 Å². The topological polar surface area (TPSA) is 32.3 Å². The second kappa shape index (κ2) is 6.19. The van der Waals surface area contributed by atoms with Crippen LogP contribution in [0.4, 0.5) is 0 Å². The number of phenolic OH excluding ortho intramolecular Hbond substituents is 1. The molecule has 0 amide bonds. The highest BCUT2D eigenvalue weighted by Gasteiger charge is 2.08. The van der Waals surface area contributed by atoms with Gasteiger partial charge in [0.25, 0.3) is 0 Å². The lowest BCUT2D eigenvalue weighted by Gasteiger charge is -2.13. The number of aromatic hydroxyl groups is 1. The summed E-state index contributed by atoms with van der Waals surface area (Å²) >= 11 is 8.38. The van der Waals surface area contributed by atoms with Crippen LogP contribution in [0.1, 0.15) is 24.1 Å². The average molecular weight is 391 g/mol. The third-order valence-electron chi connectivity index (χ3n) is 2.73. The maximum Gasteiger partial charge on any atom is 0.143 e. The third-order valence-corrected chi connectivity index (χ3v) is 4.64. The molecule has 0 aliphatic carbocycles. The number of thiophene rings is 1. The number of nitrogens with one attached hydrogen (secondary N) is 1. The molecule has 1 aromatic heterocycles. The smallest absolute Gasteiger partial charge is 0.143 e. The van der Waals surface area contributed by atoms with Gasteiger partial charge in [0.2, 0.25) is 0 Å². The summed E-state index contributed by atoms with van der Waals surface area (Å²) in [4.78, 5) is 0. The van der Waals surface area contributed by atoms with Gasteiger partial charge in [0.05, 0.1) is 8.95 Å². The molecular weight excluding hydrogens is 378 g/mol. The minimum absolute atomic E-state index is 0.240. The van der Waals surface area contributed by atoms with Crippen LogP contribution in [0.5, 0.6) is 5.75 Å². The van der Waals surface area contributed by atoms with Crippen molar-refractivity contribution in [3.8, 4) is 5.75 Å². The second-order valence-electron chi connectivity index (χ2n) is 4.07. The van der Waals surface area contributed by atoms with Crippen LogP contribution in [0.3, 0.4) is 0 Å². The molecule has 0 aliphatic rings. The molecular formula is C13H13Br2NOS. The van der Waals surface area contributed by atoms with E-state index in [0.29, 0.717) is 15.0 Å². The summed E-state index contributed by atoms with van der Waals surface area (Å²) in [6, 6.07) is 6.30. The molecule has 0 spiro atoms. The van der Waals surface area contributed by atoms with E-state index < -0.39 is 0 Å². The van der Waals surface area contributed by atoms with Crippen LogP contribution in [-0.4, -0.2) is 5.11 Å². The minimum Gasteiger partial charge on any atom is -0.506 e. The van der Waals surface area contributed by atoms with Crippen molar-refractivity contribution in [2.45, 2.75) is 19.5 Å². The highest BCUT2D eigenvalue weighted by Crippen LogP contribution is 2.33. The maximum absolute atomic E-state index is 9.65. The molecule has 1 unspecified atom stereocenters. The predicted molar refractivity (Wildman–Crippen MR) is 83.1 cm³/mol. The lowest BCUT2D eigenvalue weighted by Crippen LogP contribution is -2.17. The van der Waals surface area contributed by atoms with E-state index >= 15 is 0 Å². The van der Waals surface area contributed by atoms with E-state index in [-0.39, 0.29) is 5.75 Å². The van der Waals surface area contributed by atoms with Crippen LogP contribution >= 0.6 is 43.2 Å². The summed E-state index contributed by atoms with van der Waals surface area (Å²) in [5.41, 5.74) is 2.42. The van der Waals surface area contributed by atoms with Crippen LogP contribution in [0, 0.1) is 0 Å². The zero-order valence-electron chi connectivity index (χ0n) is 9.78. The van der Waals surface area contributed by atoms with Crippen LogP contribution in [0.25, 0.3) is 0 Å². The molecule has 0 bridgehead atoms. The standard InChI is InChI=1S/C13H13Br2NOS/c1-8(10-2-3-18-7-10)16-6-9-4-11(14)13(17)12(15)5-9/h2-5,7-8,16-17H,6H2,1H3. The van der Waals surface area contributed by atoms with E-state index in [1.807, 2.05) is 12.1 Å². The zero-order chi connectivity index (χ0) is 13.1. The Morgan fingerprint density at radius 3 is 2.56 bits per heavy atom. The molecule has 0 fully saturated rings. The fourth-order valence-corrected chi connectivity index (χ4v) is 3.67. The van der Waals surface area contributed by atoms with Gasteiger partial charge in [0.1, 0.15) is 5.75 Å². The van der Waals surface area contributed by atoms with Gasteiger partial charge in [-0.15, -0.1) is 0 Å². The molecule has 18 heavy (non-hydrogen) atoms. The molecule has 2 nitrogen and oxygen atoms in total. The molecule has 5 heteroatoms. The first-order valence-electron chi connectivity index (χ1n) is 5.50. The Bertz CT molecular complexity index is 505. The fourth-order valence-electron chi connectivity index (χ4n) is 1.63. The molecule has 2 rings (SSSR count). The van der Waals surface area contributed by atoms with Crippen molar-refractivity contribution in [1.82, 2.24) is 5.32 Å². The van der Waals surface area contributed by atoms with Gasteiger partial charge >= 0.3 is 0 Å². The van der Waals surface area contributed by atoms with E-state index in [0.717, 1.165) is 12.1 Å². The van der Waals surface area contributed by atoms with E-state index in [9.17, 15) is 5.11 Å². The molecule has 0 radical (unpaired) electrons. The number of rotatable bonds is 4. The van der Waals surface area contributed by atoms with E-state index in [1.165, 1.54) is 5.56 Å². The lowest BCUT2D eigenvalue weighted by atomic mass is 10.1. The van der Waals surface area contributed by atoms with Crippen LogP contribution in [0.2, 0.25) is 0 Å². The maximum atomic E-state index is 9.65. The van der Waals surface area contributed by atoms with Crippen LogP contribution < -0.4 is 5.32 Å². The molecule has 1 heterocycles.